The quantitative estimate of drug-likeness (QED) is 0.600. The second-order valence-corrected chi connectivity index (χ2v) is 5.48. The third kappa shape index (κ3) is 4.88. The van der Waals surface area contributed by atoms with Crippen LogP contribution < -0.4 is 10.1 Å². The first-order valence-electron chi connectivity index (χ1n) is 8.10. The Morgan fingerprint density at radius 1 is 1.42 bits per heavy atom. The Labute approximate surface area is 143 Å². The van der Waals surface area contributed by atoms with Crippen LogP contribution in [0.4, 0.5) is 0 Å². The molecule has 1 N–H and O–H groups in total. The number of carbonyl (C=O) groups is 1. The predicted octanol–water partition coefficient (Wildman–Crippen LogP) is 2.70. The van der Waals surface area contributed by atoms with Crippen LogP contribution in [0.3, 0.4) is 0 Å². The SMILES string of the molecule is C#CCCCOc1cccc(CNC(=O)c2cc(CC)nn2C)c1. The molecule has 0 fully saturated rings. The molecule has 0 spiro atoms. The van der Waals surface area contributed by atoms with Gasteiger partial charge in [0.1, 0.15) is 11.4 Å². The fourth-order valence-electron chi connectivity index (χ4n) is 2.29. The number of unbranched alkanes of at least 4 members (excludes halogenated alkanes) is 1. The third-order valence-electron chi connectivity index (χ3n) is 3.61. The van der Waals surface area contributed by atoms with Gasteiger partial charge in [-0.15, -0.1) is 12.3 Å². The van der Waals surface area contributed by atoms with Gasteiger partial charge < -0.3 is 10.1 Å². The number of nitrogens with zero attached hydrogens (tertiary/aromatic N) is 2. The van der Waals surface area contributed by atoms with E-state index in [1.165, 1.54) is 0 Å². The second-order valence-electron chi connectivity index (χ2n) is 5.48. The highest BCUT2D eigenvalue weighted by Gasteiger charge is 2.12. The molecule has 0 aliphatic heterocycles. The van der Waals surface area contributed by atoms with E-state index < -0.39 is 0 Å². The summed E-state index contributed by atoms with van der Waals surface area (Å²) >= 11 is 0. The summed E-state index contributed by atoms with van der Waals surface area (Å²) in [6, 6.07) is 9.51. The van der Waals surface area contributed by atoms with E-state index in [0.717, 1.165) is 29.8 Å². The zero-order valence-electron chi connectivity index (χ0n) is 14.2. The number of rotatable bonds is 8. The summed E-state index contributed by atoms with van der Waals surface area (Å²) in [4.78, 5) is 12.3. The van der Waals surface area contributed by atoms with E-state index >= 15 is 0 Å². The summed E-state index contributed by atoms with van der Waals surface area (Å²) in [6.45, 7) is 3.04. The van der Waals surface area contributed by atoms with Gasteiger partial charge in [-0.3, -0.25) is 9.48 Å². The fraction of sp³-hybridized carbons (Fsp3) is 0.368. The number of nitrogens with one attached hydrogen (secondary N) is 1. The first kappa shape index (κ1) is 17.6. The van der Waals surface area contributed by atoms with Gasteiger partial charge in [-0.05, 0) is 36.6 Å². The normalized spacial score (nSPS) is 10.2. The lowest BCUT2D eigenvalue weighted by Crippen LogP contribution is -2.25. The molecule has 2 rings (SSSR count). The average Bonchev–Trinajstić information content (AvgIpc) is 2.98. The highest BCUT2D eigenvalue weighted by Crippen LogP contribution is 2.14. The van der Waals surface area contributed by atoms with Gasteiger partial charge in [0.05, 0.1) is 12.3 Å². The number of amides is 1. The Balaban J connectivity index is 1.90. The van der Waals surface area contributed by atoms with Gasteiger partial charge in [-0.25, -0.2) is 0 Å². The molecule has 1 heterocycles. The van der Waals surface area contributed by atoms with Crippen molar-refractivity contribution >= 4 is 5.91 Å². The van der Waals surface area contributed by atoms with E-state index in [9.17, 15) is 4.79 Å². The first-order chi connectivity index (χ1) is 11.6. The van der Waals surface area contributed by atoms with Crippen molar-refractivity contribution in [2.45, 2.75) is 32.7 Å². The number of terminal acetylenes is 1. The van der Waals surface area contributed by atoms with Crippen molar-refractivity contribution in [2.75, 3.05) is 6.61 Å². The molecule has 0 saturated heterocycles. The van der Waals surface area contributed by atoms with Crippen molar-refractivity contribution in [3.8, 4) is 18.1 Å². The number of hydrogen-bond acceptors (Lipinski definition) is 3. The minimum Gasteiger partial charge on any atom is -0.494 e. The molecule has 0 bridgehead atoms. The lowest BCUT2D eigenvalue weighted by Gasteiger charge is -2.09. The van der Waals surface area contributed by atoms with Crippen LogP contribution in [-0.4, -0.2) is 22.3 Å². The van der Waals surface area contributed by atoms with Crippen molar-refractivity contribution in [2.24, 2.45) is 7.05 Å². The topological polar surface area (TPSA) is 56.1 Å². The minimum atomic E-state index is -0.134. The molecule has 5 nitrogen and oxygen atoms in total. The van der Waals surface area contributed by atoms with Crippen molar-refractivity contribution in [1.29, 1.82) is 0 Å². The van der Waals surface area contributed by atoms with Crippen molar-refractivity contribution in [1.82, 2.24) is 15.1 Å². The van der Waals surface area contributed by atoms with Gasteiger partial charge >= 0.3 is 0 Å². The molecule has 0 aliphatic rings. The van der Waals surface area contributed by atoms with E-state index in [1.807, 2.05) is 37.3 Å². The number of carbonyl (C=O) groups excluding carboxylic acids is 1. The van der Waals surface area contributed by atoms with Crippen LogP contribution in [0.2, 0.25) is 0 Å². The monoisotopic (exact) mass is 325 g/mol. The zero-order chi connectivity index (χ0) is 17.4. The maximum Gasteiger partial charge on any atom is 0.269 e. The Hall–Kier alpha value is -2.74. The Bertz CT molecular complexity index is 728. The van der Waals surface area contributed by atoms with Crippen LogP contribution in [0.5, 0.6) is 5.75 Å². The van der Waals surface area contributed by atoms with Crippen molar-refractivity contribution in [3.05, 3.63) is 47.3 Å². The summed E-state index contributed by atoms with van der Waals surface area (Å²) in [6.07, 6.45) is 7.56. The van der Waals surface area contributed by atoms with E-state index in [-0.39, 0.29) is 5.91 Å². The summed E-state index contributed by atoms with van der Waals surface area (Å²) in [5, 5.41) is 7.21. The average molecular weight is 325 g/mol. The number of ether oxygens (including phenoxy) is 1. The molecular weight excluding hydrogens is 302 g/mol. The lowest BCUT2D eigenvalue weighted by molar-refractivity contribution is 0.0941. The molecule has 2 aromatic rings. The molecular formula is C19H23N3O2. The van der Waals surface area contributed by atoms with E-state index in [1.54, 1.807) is 11.7 Å². The molecule has 1 aromatic heterocycles. The summed E-state index contributed by atoms with van der Waals surface area (Å²) < 4.78 is 7.27. The van der Waals surface area contributed by atoms with Crippen molar-refractivity contribution in [3.63, 3.8) is 0 Å². The highest BCUT2D eigenvalue weighted by atomic mass is 16.5. The Morgan fingerprint density at radius 2 is 2.25 bits per heavy atom. The number of hydrogen-bond donors (Lipinski definition) is 1. The van der Waals surface area contributed by atoms with Gasteiger partial charge in [0.25, 0.3) is 5.91 Å². The van der Waals surface area contributed by atoms with Gasteiger partial charge in [0.15, 0.2) is 0 Å². The molecule has 0 aliphatic carbocycles. The number of benzene rings is 1. The van der Waals surface area contributed by atoms with Crippen LogP contribution in [0.1, 0.15) is 41.5 Å². The molecule has 1 amide bonds. The van der Waals surface area contributed by atoms with E-state index in [2.05, 4.69) is 16.3 Å². The summed E-state index contributed by atoms with van der Waals surface area (Å²) in [5.74, 6) is 3.24. The van der Waals surface area contributed by atoms with Crippen LogP contribution in [0.15, 0.2) is 30.3 Å². The number of aromatic nitrogens is 2. The molecule has 0 unspecified atom stereocenters. The standard InChI is InChI=1S/C19H23N3O2/c1-4-6-7-11-24-17-10-8-9-15(12-17)14-20-19(23)18-13-16(5-2)21-22(18)3/h1,8-10,12-13H,5-7,11,14H2,2-3H3,(H,20,23). The van der Waals surface area contributed by atoms with E-state index in [0.29, 0.717) is 25.3 Å². The molecule has 1 aromatic carbocycles. The maximum atomic E-state index is 12.3. The smallest absolute Gasteiger partial charge is 0.269 e. The fourth-order valence-corrected chi connectivity index (χ4v) is 2.29. The maximum absolute atomic E-state index is 12.3. The molecule has 0 radical (unpaired) electrons. The Morgan fingerprint density at radius 3 is 2.96 bits per heavy atom. The van der Waals surface area contributed by atoms with Crippen LogP contribution in [-0.2, 0) is 20.0 Å². The van der Waals surface area contributed by atoms with Crippen LogP contribution >= 0.6 is 0 Å². The molecule has 0 saturated carbocycles. The lowest BCUT2D eigenvalue weighted by atomic mass is 10.2. The summed E-state index contributed by atoms with van der Waals surface area (Å²) in [7, 11) is 1.78. The Kier molecular flexibility index (Phi) is 6.44. The predicted molar refractivity (Wildman–Crippen MR) is 93.8 cm³/mol. The highest BCUT2D eigenvalue weighted by molar-refractivity contribution is 5.92. The minimum absolute atomic E-state index is 0.134. The first-order valence-corrected chi connectivity index (χ1v) is 8.10. The third-order valence-corrected chi connectivity index (χ3v) is 3.61. The zero-order valence-corrected chi connectivity index (χ0v) is 14.2. The molecule has 24 heavy (non-hydrogen) atoms. The van der Waals surface area contributed by atoms with Crippen molar-refractivity contribution < 1.29 is 9.53 Å². The van der Waals surface area contributed by atoms with E-state index in [4.69, 9.17) is 11.2 Å². The van der Waals surface area contributed by atoms with Gasteiger partial charge in [-0.2, -0.15) is 5.10 Å². The second kappa shape index (κ2) is 8.78. The van der Waals surface area contributed by atoms with Gasteiger partial charge in [-0.1, -0.05) is 19.1 Å². The molecule has 0 atom stereocenters. The van der Waals surface area contributed by atoms with Crippen LogP contribution in [0.25, 0.3) is 0 Å². The summed E-state index contributed by atoms with van der Waals surface area (Å²) in [5.41, 5.74) is 2.45. The largest absolute Gasteiger partial charge is 0.494 e. The van der Waals surface area contributed by atoms with Crippen LogP contribution in [0, 0.1) is 12.3 Å². The van der Waals surface area contributed by atoms with Gasteiger partial charge in [0.2, 0.25) is 0 Å². The van der Waals surface area contributed by atoms with Gasteiger partial charge in [0, 0.05) is 20.0 Å². The molecule has 5 heteroatoms. The number of aryl methyl sites for hydroxylation is 2. The molecule has 126 valence electrons.